The molecule has 0 bridgehead atoms. The molecule has 0 unspecified atom stereocenters. The number of aromatic carboxylic acids is 1. The Morgan fingerprint density at radius 3 is 2.16 bits per heavy atom. The normalized spacial score (nSPS) is 13.1. The van der Waals surface area contributed by atoms with Crippen LogP contribution in [0.15, 0.2) is 41.3 Å². The molecule has 0 saturated carbocycles. The van der Waals surface area contributed by atoms with Gasteiger partial charge in [-0.2, -0.15) is 13.2 Å². The highest BCUT2D eigenvalue weighted by Gasteiger charge is 2.38. The molecule has 0 heterocycles. The van der Waals surface area contributed by atoms with Crippen molar-refractivity contribution < 1.29 is 41.4 Å². The maximum Gasteiger partial charge on any atom is 0.490 e. The number of alkyl halides is 3. The first-order valence-corrected chi connectivity index (χ1v) is 13.4. The molecule has 2 aromatic carbocycles. The van der Waals surface area contributed by atoms with Gasteiger partial charge in [0.25, 0.3) is 10.0 Å². The van der Waals surface area contributed by atoms with Crippen LogP contribution in [0.5, 0.6) is 0 Å². The number of aryl methyl sites for hydroxylation is 2. The number of nitrogens with one attached hydrogen (secondary N) is 1. The third-order valence-corrected chi connectivity index (χ3v) is 7.23. The van der Waals surface area contributed by atoms with Crippen LogP contribution in [0.3, 0.4) is 0 Å². The van der Waals surface area contributed by atoms with E-state index >= 15 is 0 Å². The summed E-state index contributed by atoms with van der Waals surface area (Å²) >= 11 is 0. The minimum absolute atomic E-state index is 0.0959. The number of rotatable bonds is 9. The summed E-state index contributed by atoms with van der Waals surface area (Å²) in [5.41, 5.74) is 3.25. The number of aliphatic carboxylic acids is 1. The van der Waals surface area contributed by atoms with Gasteiger partial charge in [0.05, 0.1) is 16.1 Å². The predicted octanol–water partition coefficient (Wildman–Crippen LogP) is 5.32. The van der Waals surface area contributed by atoms with Gasteiger partial charge in [-0.1, -0.05) is 19.4 Å². The van der Waals surface area contributed by atoms with Gasteiger partial charge >= 0.3 is 18.1 Å². The van der Waals surface area contributed by atoms with E-state index in [0.717, 1.165) is 50.6 Å². The molecule has 0 amide bonds. The summed E-state index contributed by atoms with van der Waals surface area (Å²) in [5.74, 6) is -3.83. The molecule has 3 N–H and O–H groups in total. The van der Waals surface area contributed by atoms with Gasteiger partial charge in [-0.25, -0.2) is 18.0 Å². The number of sulfonamides is 1. The molecular formula is C25H31F3N2O6S. The highest BCUT2D eigenvalue weighted by molar-refractivity contribution is 7.92. The second kappa shape index (κ2) is 12.8. The molecular weight excluding hydrogens is 513 g/mol. The molecule has 0 saturated heterocycles. The number of nitrogens with zero attached hydrogens (tertiary/aromatic N) is 1. The Kier molecular flexibility index (Phi) is 10.4. The van der Waals surface area contributed by atoms with Crippen LogP contribution in [0.25, 0.3) is 0 Å². The average molecular weight is 545 g/mol. The van der Waals surface area contributed by atoms with Gasteiger partial charge in [-0.3, -0.25) is 4.72 Å². The second-order valence-corrected chi connectivity index (χ2v) is 10.2. The summed E-state index contributed by atoms with van der Waals surface area (Å²) in [5, 5.41) is 16.8. The lowest BCUT2D eigenvalue weighted by Gasteiger charge is -2.25. The van der Waals surface area contributed by atoms with Gasteiger partial charge < -0.3 is 15.1 Å². The van der Waals surface area contributed by atoms with E-state index < -0.39 is 28.1 Å². The number of fused-ring (bicyclic) bond motifs is 1. The van der Waals surface area contributed by atoms with Crippen molar-refractivity contribution >= 4 is 33.3 Å². The lowest BCUT2D eigenvalue weighted by Crippen LogP contribution is -2.26. The van der Waals surface area contributed by atoms with Crippen molar-refractivity contribution in [2.45, 2.75) is 63.4 Å². The zero-order valence-electron chi connectivity index (χ0n) is 20.6. The fourth-order valence-corrected chi connectivity index (χ4v) is 5.04. The van der Waals surface area contributed by atoms with Gasteiger partial charge in [0, 0.05) is 18.8 Å². The van der Waals surface area contributed by atoms with Crippen molar-refractivity contribution in [2.75, 3.05) is 22.7 Å². The van der Waals surface area contributed by atoms with Gasteiger partial charge in [0.1, 0.15) is 0 Å². The van der Waals surface area contributed by atoms with Gasteiger partial charge in [-0.05, 0) is 80.5 Å². The molecule has 8 nitrogen and oxygen atoms in total. The van der Waals surface area contributed by atoms with Gasteiger partial charge in [0.2, 0.25) is 0 Å². The smallest absolute Gasteiger partial charge is 0.478 e. The van der Waals surface area contributed by atoms with Crippen LogP contribution in [0.1, 0.15) is 61.0 Å². The molecule has 1 aliphatic carbocycles. The SMILES string of the molecule is CCCCN(CC)c1ccc(NS(=O)(=O)c2ccc3c(c2)CCCC3)cc1C(=O)O.O=C(O)C(F)(F)F. The van der Waals surface area contributed by atoms with Crippen LogP contribution in [-0.2, 0) is 27.7 Å². The summed E-state index contributed by atoms with van der Waals surface area (Å²) in [7, 11) is -3.80. The Morgan fingerprint density at radius 2 is 1.62 bits per heavy atom. The molecule has 2 aromatic rings. The molecule has 0 radical (unpaired) electrons. The number of anilines is 2. The maximum absolute atomic E-state index is 12.9. The molecule has 0 aromatic heterocycles. The van der Waals surface area contributed by atoms with Gasteiger partial charge in [0.15, 0.2) is 0 Å². The van der Waals surface area contributed by atoms with Crippen molar-refractivity contribution in [3.8, 4) is 0 Å². The molecule has 37 heavy (non-hydrogen) atoms. The van der Waals surface area contributed by atoms with E-state index in [2.05, 4.69) is 11.6 Å². The van der Waals surface area contributed by atoms with E-state index in [9.17, 15) is 31.5 Å². The molecule has 0 fully saturated rings. The summed E-state index contributed by atoms with van der Waals surface area (Å²) in [6, 6.07) is 9.99. The largest absolute Gasteiger partial charge is 0.490 e. The van der Waals surface area contributed by atoms with Crippen molar-refractivity contribution in [3.05, 3.63) is 53.1 Å². The van der Waals surface area contributed by atoms with Crippen molar-refractivity contribution in [1.82, 2.24) is 0 Å². The number of benzene rings is 2. The minimum atomic E-state index is -5.08. The van der Waals surface area contributed by atoms with Crippen LogP contribution < -0.4 is 9.62 Å². The van der Waals surface area contributed by atoms with Crippen LogP contribution in [0.4, 0.5) is 24.5 Å². The summed E-state index contributed by atoms with van der Waals surface area (Å²) in [6.45, 7) is 5.51. The zero-order chi connectivity index (χ0) is 27.8. The number of hydrogen-bond acceptors (Lipinski definition) is 5. The second-order valence-electron chi connectivity index (χ2n) is 8.52. The minimum Gasteiger partial charge on any atom is -0.478 e. The Bertz CT molecular complexity index is 1220. The fraction of sp³-hybridized carbons (Fsp3) is 0.440. The van der Waals surface area contributed by atoms with Crippen molar-refractivity contribution in [3.63, 3.8) is 0 Å². The summed E-state index contributed by atoms with van der Waals surface area (Å²) in [6.07, 6.45) is 0.963. The Labute approximate surface area is 214 Å². The topological polar surface area (TPSA) is 124 Å². The van der Waals surface area contributed by atoms with Crippen LogP contribution in [0, 0.1) is 0 Å². The van der Waals surface area contributed by atoms with Crippen LogP contribution in [0.2, 0.25) is 0 Å². The molecule has 12 heteroatoms. The molecule has 204 valence electrons. The quantitative estimate of drug-likeness (QED) is 0.390. The van der Waals surface area contributed by atoms with E-state index in [1.165, 1.54) is 11.6 Å². The number of carboxylic acids is 2. The highest BCUT2D eigenvalue weighted by Crippen LogP contribution is 2.28. The van der Waals surface area contributed by atoms with E-state index in [4.69, 9.17) is 9.90 Å². The van der Waals surface area contributed by atoms with E-state index in [1.807, 2.05) is 17.9 Å². The lowest BCUT2D eigenvalue weighted by molar-refractivity contribution is -0.192. The first kappa shape index (κ1) is 29.9. The fourth-order valence-electron chi connectivity index (χ4n) is 3.94. The van der Waals surface area contributed by atoms with Crippen LogP contribution >= 0.6 is 0 Å². The Morgan fingerprint density at radius 1 is 1.00 bits per heavy atom. The third kappa shape index (κ3) is 8.38. The molecule has 0 spiro atoms. The molecule has 0 aliphatic heterocycles. The number of halogens is 3. The van der Waals surface area contributed by atoms with Crippen molar-refractivity contribution in [2.24, 2.45) is 0 Å². The first-order chi connectivity index (χ1) is 17.3. The number of hydrogen-bond donors (Lipinski definition) is 3. The average Bonchev–Trinajstić information content (AvgIpc) is 2.84. The Hall–Kier alpha value is -3.28. The molecule has 0 atom stereocenters. The molecule has 3 rings (SSSR count). The first-order valence-electron chi connectivity index (χ1n) is 11.9. The van der Waals surface area contributed by atoms with E-state index in [0.29, 0.717) is 12.2 Å². The van der Waals surface area contributed by atoms with Crippen molar-refractivity contribution in [1.29, 1.82) is 0 Å². The van der Waals surface area contributed by atoms with E-state index in [-0.39, 0.29) is 16.1 Å². The summed E-state index contributed by atoms with van der Waals surface area (Å²) in [4.78, 5) is 23.0. The number of carboxylic acid groups (broad SMARTS) is 2. The number of carbonyl (C=O) groups is 2. The predicted molar refractivity (Wildman–Crippen MR) is 134 cm³/mol. The maximum atomic E-state index is 12.9. The monoisotopic (exact) mass is 544 g/mol. The van der Waals surface area contributed by atoms with E-state index in [1.54, 1.807) is 24.3 Å². The zero-order valence-corrected chi connectivity index (χ0v) is 21.5. The Balaban J connectivity index is 0.000000604. The number of unbranched alkanes of at least 4 members (excludes halogenated alkanes) is 1. The standard InChI is InChI=1S/C23H30N2O4S.C2HF3O2/c1-3-5-14-25(4-2)22-13-11-19(16-21(22)23(26)27)24-30(28,29)20-12-10-17-8-6-7-9-18(17)15-20;3-2(4,5)1(6)7/h10-13,15-16,24H,3-9,14H2,1-2H3,(H,26,27);(H,6,7). The summed E-state index contributed by atoms with van der Waals surface area (Å²) < 4.78 is 60.1. The van der Waals surface area contributed by atoms with Gasteiger partial charge in [-0.15, -0.1) is 0 Å². The third-order valence-electron chi connectivity index (χ3n) is 5.86. The lowest BCUT2D eigenvalue weighted by atomic mass is 9.92. The molecule has 1 aliphatic rings. The van der Waals surface area contributed by atoms with Crippen LogP contribution in [-0.4, -0.2) is 49.8 Å². The highest BCUT2D eigenvalue weighted by atomic mass is 32.2.